The van der Waals surface area contributed by atoms with Gasteiger partial charge in [-0.05, 0) is 70.0 Å². The Bertz CT molecular complexity index is 494. The van der Waals surface area contributed by atoms with Gasteiger partial charge < -0.3 is 15.4 Å². The van der Waals surface area contributed by atoms with Gasteiger partial charge in [-0.3, -0.25) is 4.79 Å². The maximum absolute atomic E-state index is 12.7. The lowest BCUT2D eigenvalue weighted by molar-refractivity contribution is -0.127. The van der Waals surface area contributed by atoms with E-state index >= 15 is 0 Å². The number of hydrogen-bond donors (Lipinski definition) is 2. The molecule has 1 aromatic carbocycles. The summed E-state index contributed by atoms with van der Waals surface area (Å²) in [6.07, 6.45) is 2.70. The van der Waals surface area contributed by atoms with Gasteiger partial charge in [-0.2, -0.15) is 0 Å². The van der Waals surface area contributed by atoms with Crippen LogP contribution in [0, 0.1) is 12.3 Å². The fraction of sp³-hybridized carbons (Fsp3) is 0.588. The Labute approximate surface area is 127 Å². The number of piperidine rings is 1. The largest absolute Gasteiger partial charge is 0.494 e. The molecular formula is C17H26N2O2. The van der Waals surface area contributed by atoms with Crippen LogP contribution in [0.15, 0.2) is 18.2 Å². The van der Waals surface area contributed by atoms with Crippen LogP contribution >= 0.6 is 0 Å². The minimum atomic E-state index is -0.226. The smallest absolute Gasteiger partial charge is 0.230 e. The van der Waals surface area contributed by atoms with E-state index in [0.29, 0.717) is 6.61 Å². The molecule has 1 fully saturated rings. The summed E-state index contributed by atoms with van der Waals surface area (Å²) in [6.45, 7) is 8.56. The maximum Gasteiger partial charge on any atom is 0.230 e. The predicted molar refractivity (Wildman–Crippen MR) is 85.8 cm³/mol. The van der Waals surface area contributed by atoms with Crippen molar-refractivity contribution in [3.05, 3.63) is 23.8 Å². The number of ether oxygens (including phenoxy) is 1. The highest BCUT2D eigenvalue weighted by atomic mass is 16.5. The molecule has 1 heterocycles. The van der Waals surface area contributed by atoms with Crippen molar-refractivity contribution < 1.29 is 9.53 Å². The summed E-state index contributed by atoms with van der Waals surface area (Å²) in [4.78, 5) is 12.7. The van der Waals surface area contributed by atoms with E-state index in [1.807, 2.05) is 32.0 Å². The molecule has 0 atom stereocenters. The molecule has 1 amide bonds. The van der Waals surface area contributed by atoms with Crippen LogP contribution in [-0.2, 0) is 4.79 Å². The number of amides is 1. The lowest BCUT2D eigenvalue weighted by atomic mass is 9.76. The van der Waals surface area contributed by atoms with Gasteiger partial charge in [-0.1, -0.05) is 6.92 Å². The highest BCUT2D eigenvalue weighted by molar-refractivity contribution is 5.96. The predicted octanol–water partition coefficient (Wildman–Crippen LogP) is 3.11. The first-order valence-electron chi connectivity index (χ1n) is 7.87. The van der Waals surface area contributed by atoms with Crippen molar-refractivity contribution >= 4 is 11.6 Å². The Hall–Kier alpha value is -1.55. The zero-order chi connectivity index (χ0) is 15.3. The third-order valence-electron chi connectivity index (χ3n) is 4.48. The number of nitrogens with one attached hydrogen (secondary N) is 2. The molecule has 2 rings (SSSR count). The average molecular weight is 290 g/mol. The highest BCUT2D eigenvalue weighted by Crippen LogP contribution is 2.34. The Balaban J connectivity index is 2.11. The lowest BCUT2D eigenvalue weighted by Gasteiger charge is -2.35. The van der Waals surface area contributed by atoms with Gasteiger partial charge >= 0.3 is 0 Å². The molecule has 4 heteroatoms. The Morgan fingerprint density at radius 3 is 2.62 bits per heavy atom. The molecule has 1 saturated heterocycles. The molecule has 0 spiro atoms. The normalized spacial score (nSPS) is 17.3. The summed E-state index contributed by atoms with van der Waals surface area (Å²) >= 11 is 0. The summed E-state index contributed by atoms with van der Waals surface area (Å²) in [7, 11) is 0. The van der Waals surface area contributed by atoms with Crippen molar-refractivity contribution in [3.8, 4) is 5.75 Å². The SMILES string of the molecule is CCOc1ccc(NC(=O)C2(CC)CCNCC2)c(C)c1. The van der Waals surface area contributed by atoms with Gasteiger partial charge in [0.15, 0.2) is 0 Å². The zero-order valence-electron chi connectivity index (χ0n) is 13.3. The number of aryl methyl sites for hydroxylation is 1. The van der Waals surface area contributed by atoms with Gasteiger partial charge in [0.25, 0.3) is 0 Å². The Morgan fingerprint density at radius 2 is 2.05 bits per heavy atom. The Kier molecular flexibility index (Phi) is 5.23. The van der Waals surface area contributed by atoms with Crippen molar-refractivity contribution in [1.82, 2.24) is 5.32 Å². The fourth-order valence-corrected chi connectivity index (χ4v) is 2.93. The van der Waals surface area contributed by atoms with Crippen molar-refractivity contribution in [3.63, 3.8) is 0 Å². The number of carbonyl (C=O) groups is 1. The fourth-order valence-electron chi connectivity index (χ4n) is 2.93. The molecule has 1 aliphatic heterocycles. The first-order chi connectivity index (χ1) is 10.1. The summed E-state index contributed by atoms with van der Waals surface area (Å²) in [6, 6.07) is 5.82. The summed E-state index contributed by atoms with van der Waals surface area (Å²) in [5, 5.41) is 6.45. The molecule has 0 bridgehead atoms. The average Bonchev–Trinajstić information content (AvgIpc) is 2.51. The van der Waals surface area contributed by atoms with Crippen LogP contribution in [0.5, 0.6) is 5.75 Å². The summed E-state index contributed by atoms with van der Waals surface area (Å²) in [5.41, 5.74) is 1.69. The first-order valence-corrected chi connectivity index (χ1v) is 7.87. The van der Waals surface area contributed by atoms with Crippen LogP contribution in [0.1, 0.15) is 38.7 Å². The van der Waals surface area contributed by atoms with E-state index < -0.39 is 0 Å². The highest BCUT2D eigenvalue weighted by Gasteiger charge is 2.37. The van der Waals surface area contributed by atoms with Gasteiger partial charge in [0, 0.05) is 5.69 Å². The van der Waals surface area contributed by atoms with E-state index in [-0.39, 0.29) is 11.3 Å². The maximum atomic E-state index is 12.7. The molecule has 0 aliphatic carbocycles. The standard InChI is InChI=1S/C17H26N2O2/c1-4-17(8-10-18-11-9-17)16(20)19-15-7-6-14(21-5-2)12-13(15)3/h6-7,12,18H,4-5,8-11H2,1-3H3,(H,19,20). The second kappa shape index (κ2) is 6.94. The van der Waals surface area contributed by atoms with Crippen LogP contribution in [0.2, 0.25) is 0 Å². The number of carbonyl (C=O) groups excluding carboxylic acids is 1. The van der Waals surface area contributed by atoms with Crippen molar-refractivity contribution in [2.75, 3.05) is 25.0 Å². The molecule has 4 nitrogen and oxygen atoms in total. The van der Waals surface area contributed by atoms with Gasteiger partial charge in [-0.15, -0.1) is 0 Å². The molecule has 21 heavy (non-hydrogen) atoms. The van der Waals surface area contributed by atoms with E-state index in [1.54, 1.807) is 0 Å². The molecule has 0 aromatic heterocycles. The molecule has 1 aromatic rings. The summed E-state index contributed by atoms with van der Waals surface area (Å²) in [5.74, 6) is 0.999. The molecule has 0 saturated carbocycles. The van der Waals surface area contributed by atoms with Gasteiger partial charge in [0.05, 0.1) is 12.0 Å². The van der Waals surface area contributed by atoms with Crippen LogP contribution < -0.4 is 15.4 Å². The number of rotatable bonds is 5. The van der Waals surface area contributed by atoms with Gasteiger partial charge in [0.2, 0.25) is 5.91 Å². The van der Waals surface area contributed by atoms with E-state index in [9.17, 15) is 4.79 Å². The molecular weight excluding hydrogens is 264 g/mol. The van der Waals surface area contributed by atoms with Gasteiger partial charge in [-0.25, -0.2) is 0 Å². The van der Waals surface area contributed by atoms with E-state index in [4.69, 9.17) is 4.74 Å². The second-order valence-electron chi connectivity index (χ2n) is 5.75. The lowest BCUT2D eigenvalue weighted by Crippen LogP contribution is -2.44. The van der Waals surface area contributed by atoms with Crippen LogP contribution in [-0.4, -0.2) is 25.6 Å². The third kappa shape index (κ3) is 3.56. The second-order valence-corrected chi connectivity index (χ2v) is 5.75. The number of benzene rings is 1. The molecule has 0 unspecified atom stereocenters. The zero-order valence-corrected chi connectivity index (χ0v) is 13.3. The van der Waals surface area contributed by atoms with E-state index in [1.165, 1.54) is 0 Å². The van der Waals surface area contributed by atoms with Crippen molar-refractivity contribution in [2.24, 2.45) is 5.41 Å². The van der Waals surface area contributed by atoms with Crippen LogP contribution in [0.3, 0.4) is 0 Å². The third-order valence-corrected chi connectivity index (χ3v) is 4.48. The van der Waals surface area contributed by atoms with Gasteiger partial charge in [0.1, 0.15) is 5.75 Å². The number of anilines is 1. The minimum Gasteiger partial charge on any atom is -0.494 e. The molecule has 116 valence electrons. The molecule has 1 aliphatic rings. The summed E-state index contributed by atoms with van der Waals surface area (Å²) < 4.78 is 5.48. The van der Waals surface area contributed by atoms with Crippen LogP contribution in [0.4, 0.5) is 5.69 Å². The first kappa shape index (κ1) is 15.8. The minimum absolute atomic E-state index is 0.152. The van der Waals surface area contributed by atoms with Crippen molar-refractivity contribution in [1.29, 1.82) is 0 Å². The molecule has 0 radical (unpaired) electrons. The number of hydrogen-bond acceptors (Lipinski definition) is 3. The quantitative estimate of drug-likeness (QED) is 0.876. The monoisotopic (exact) mass is 290 g/mol. The van der Waals surface area contributed by atoms with Crippen LogP contribution in [0.25, 0.3) is 0 Å². The van der Waals surface area contributed by atoms with E-state index in [2.05, 4.69) is 17.6 Å². The Morgan fingerprint density at radius 1 is 1.33 bits per heavy atom. The van der Waals surface area contributed by atoms with E-state index in [0.717, 1.165) is 49.4 Å². The van der Waals surface area contributed by atoms with Crippen molar-refractivity contribution in [2.45, 2.75) is 40.0 Å². The topological polar surface area (TPSA) is 50.4 Å². The molecule has 2 N–H and O–H groups in total.